The van der Waals surface area contributed by atoms with Crippen molar-refractivity contribution >= 4 is 17.1 Å². The average Bonchev–Trinajstić information content (AvgIpc) is 2.56. The lowest BCUT2D eigenvalue weighted by Gasteiger charge is -2.10. The highest BCUT2D eigenvalue weighted by molar-refractivity contribution is 6.01. The fraction of sp³-hybridized carbons (Fsp3) is 0. The van der Waals surface area contributed by atoms with E-state index in [9.17, 15) is 4.79 Å². The molecule has 0 unspecified atom stereocenters. The molecule has 0 radical (unpaired) electrons. The molecule has 0 aliphatic rings. The topological polar surface area (TPSA) is 50.1 Å². The van der Waals surface area contributed by atoms with Gasteiger partial charge in [-0.05, 0) is 41.8 Å². The van der Waals surface area contributed by atoms with Gasteiger partial charge in [0.1, 0.15) is 11.5 Å². The number of ether oxygens (including phenoxy) is 1. The predicted molar refractivity (Wildman–Crippen MR) is 80.6 cm³/mol. The summed E-state index contributed by atoms with van der Waals surface area (Å²) in [6.45, 7) is 0. The largest absolute Gasteiger partial charge is 0.457 e. The van der Waals surface area contributed by atoms with Crippen LogP contribution in [0.25, 0.3) is 10.8 Å². The first-order valence-corrected chi connectivity index (χ1v) is 6.47. The van der Waals surface area contributed by atoms with Crippen molar-refractivity contribution in [3.05, 3.63) is 71.8 Å². The molecule has 0 fully saturated rings. The third-order valence-corrected chi connectivity index (χ3v) is 3.26. The highest BCUT2D eigenvalue weighted by Crippen LogP contribution is 2.31. The Hall–Kier alpha value is -3.12. The molecule has 0 aromatic heterocycles. The van der Waals surface area contributed by atoms with Crippen molar-refractivity contribution in [2.45, 2.75) is 0 Å². The Kier molecular flexibility index (Phi) is 3.36. The molecule has 0 amide bonds. The lowest BCUT2D eigenvalue weighted by Crippen LogP contribution is -1.89. The second-order valence-corrected chi connectivity index (χ2v) is 4.55. The van der Waals surface area contributed by atoms with E-state index in [4.69, 9.17) is 10.00 Å². The molecule has 0 saturated carbocycles. The number of carbonyl (C=O) groups is 1. The lowest BCUT2D eigenvalue weighted by molar-refractivity contribution is 0.112. The van der Waals surface area contributed by atoms with E-state index in [1.54, 1.807) is 36.4 Å². The fourth-order valence-corrected chi connectivity index (χ4v) is 2.21. The molecule has 0 bridgehead atoms. The zero-order chi connectivity index (χ0) is 14.7. The van der Waals surface area contributed by atoms with Crippen molar-refractivity contribution in [3.8, 4) is 17.6 Å². The molecule has 0 aliphatic carbocycles. The minimum atomic E-state index is 0.587. The fourth-order valence-electron chi connectivity index (χ4n) is 2.21. The Labute approximate surface area is 122 Å². The van der Waals surface area contributed by atoms with Crippen molar-refractivity contribution < 1.29 is 9.53 Å². The zero-order valence-corrected chi connectivity index (χ0v) is 11.1. The quantitative estimate of drug-likeness (QED) is 0.668. The molecule has 3 aromatic rings. The van der Waals surface area contributed by atoms with Crippen LogP contribution < -0.4 is 4.74 Å². The predicted octanol–water partition coefficient (Wildman–Crippen LogP) is 4.32. The summed E-state index contributed by atoms with van der Waals surface area (Å²) in [5.41, 5.74) is 1.22. The van der Waals surface area contributed by atoms with E-state index in [2.05, 4.69) is 6.07 Å². The average molecular weight is 273 g/mol. The maximum atomic E-state index is 11.1. The molecule has 3 heteroatoms. The summed E-state index contributed by atoms with van der Waals surface area (Å²) < 4.78 is 5.87. The van der Waals surface area contributed by atoms with Gasteiger partial charge in [0.05, 0.1) is 11.6 Å². The van der Waals surface area contributed by atoms with Crippen molar-refractivity contribution in [1.29, 1.82) is 5.26 Å². The number of nitrogens with zero attached hydrogens (tertiary/aromatic N) is 1. The van der Waals surface area contributed by atoms with Gasteiger partial charge in [-0.1, -0.05) is 24.3 Å². The van der Waals surface area contributed by atoms with Crippen molar-refractivity contribution in [2.75, 3.05) is 0 Å². The van der Waals surface area contributed by atoms with Gasteiger partial charge in [-0.25, -0.2) is 0 Å². The maximum Gasteiger partial charge on any atom is 0.150 e. The van der Waals surface area contributed by atoms with Crippen molar-refractivity contribution in [3.63, 3.8) is 0 Å². The van der Waals surface area contributed by atoms with E-state index >= 15 is 0 Å². The van der Waals surface area contributed by atoms with E-state index in [1.807, 2.05) is 24.3 Å². The van der Waals surface area contributed by atoms with Crippen LogP contribution in [0, 0.1) is 11.3 Å². The molecule has 21 heavy (non-hydrogen) atoms. The molecule has 3 rings (SSSR count). The zero-order valence-electron chi connectivity index (χ0n) is 11.1. The molecule has 3 aromatic carbocycles. The monoisotopic (exact) mass is 273 g/mol. The molecule has 0 aliphatic heterocycles. The summed E-state index contributed by atoms with van der Waals surface area (Å²) in [5, 5.41) is 10.5. The Balaban J connectivity index is 2.04. The van der Waals surface area contributed by atoms with Crippen molar-refractivity contribution in [2.24, 2.45) is 0 Å². The van der Waals surface area contributed by atoms with Crippen LogP contribution in [0.5, 0.6) is 11.5 Å². The number of aldehydes is 1. The summed E-state index contributed by atoms with van der Waals surface area (Å²) in [6.07, 6.45) is 0.841. The number of fused-ring (bicyclic) bond motifs is 1. The Bertz CT molecular complexity index is 845. The molecular formula is C18H11NO2. The molecule has 0 N–H and O–H groups in total. The second kappa shape index (κ2) is 5.48. The van der Waals surface area contributed by atoms with Crippen LogP contribution >= 0.6 is 0 Å². The van der Waals surface area contributed by atoms with Gasteiger partial charge in [-0.15, -0.1) is 0 Å². The second-order valence-electron chi connectivity index (χ2n) is 4.55. The van der Waals surface area contributed by atoms with Gasteiger partial charge >= 0.3 is 0 Å². The summed E-state index contributed by atoms with van der Waals surface area (Å²) >= 11 is 0. The Morgan fingerprint density at radius 3 is 2.29 bits per heavy atom. The minimum absolute atomic E-state index is 0.587. The smallest absolute Gasteiger partial charge is 0.150 e. The van der Waals surface area contributed by atoms with Crippen LogP contribution in [0.3, 0.4) is 0 Å². The third-order valence-electron chi connectivity index (χ3n) is 3.26. The number of rotatable bonds is 3. The van der Waals surface area contributed by atoms with Crippen LogP contribution in [-0.2, 0) is 0 Å². The summed E-state index contributed by atoms with van der Waals surface area (Å²) in [5.74, 6) is 1.33. The lowest BCUT2D eigenvalue weighted by atomic mass is 10.0. The SMILES string of the molecule is N#Cc1ccc(Oc2ccc(C=O)c3ccccc23)cc1. The van der Waals surface area contributed by atoms with Crippen LogP contribution in [0.1, 0.15) is 15.9 Å². The molecule has 3 nitrogen and oxygen atoms in total. The van der Waals surface area contributed by atoms with Gasteiger partial charge in [-0.2, -0.15) is 5.26 Å². The summed E-state index contributed by atoms with van der Waals surface area (Å²) in [7, 11) is 0. The van der Waals surface area contributed by atoms with E-state index in [-0.39, 0.29) is 0 Å². The highest BCUT2D eigenvalue weighted by atomic mass is 16.5. The Morgan fingerprint density at radius 1 is 0.905 bits per heavy atom. The molecule has 0 spiro atoms. The molecular weight excluding hydrogens is 262 g/mol. The third kappa shape index (κ3) is 2.47. The van der Waals surface area contributed by atoms with Gasteiger partial charge in [-0.3, -0.25) is 4.79 Å². The standard InChI is InChI=1S/C18H11NO2/c19-11-13-5-8-15(9-6-13)21-18-10-7-14(12-20)16-3-1-2-4-17(16)18/h1-10,12H. The number of nitriles is 1. The maximum absolute atomic E-state index is 11.1. The van der Waals surface area contributed by atoms with Crippen molar-refractivity contribution in [1.82, 2.24) is 0 Å². The van der Waals surface area contributed by atoms with E-state index in [0.29, 0.717) is 22.6 Å². The summed E-state index contributed by atoms with van der Waals surface area (Å²) in [4.78, 5) is 11.1. The molecule has 0 atom stereocenters. The number of carbonyl (C=O) groups excluding carboxylic acids is 1. The van der Waals surface area contributed by atoms with Gasteiger partial charge in [0.2, 0.25) is 0 Å². The Morgan fingerprint density at radius 2 is 1.62 bits per heavy atom. The van der Waals surface area contributed by atoms with Gasteiger partial charge in [0.15, 0.2) is 6.29 Å². The van der Waals surface area contributed by atoms with Crippen LogP contribution in [0.4, 0.5) is 0 Å². The van der Waals surface area contributed by atoms with Crippen LogP contribution in [0.2, 0.25) is 0 Å². The first kappa shape index (κ1) is 12.9. The molecule has 0 saturated heterocycles. The molecule has 100 valence electrons. The van der Waals surface area contributed by atoms with E-state index in [1.165, 1.54) is 0 Å². The van der Waals surface area contributed by atoms with Crippen LogP contribution in [0.15, 0.2) is 60.7 Å². The number of benzene rings is 3. The number of hydrogen-bond donors (Lipinski definition) is 0. The van der Waals surface area contributed by atoms with Gasteiger partial charge in [0.25, 0.3) is 0 Å². The van der Waals surface area contributed by atoms with Gasteiger partial charge < -0.3 is 4.74 Å². The van der Waals surface area contributed by atoms with Crippen LogP contribution in [-0.4, -0.2) is 6.29 Å². The number of hydrogen-bond acceptors (Lipinski definition) is 3. The highest BCUT2D eigenvalue weighted by Gasteiger charge is 2.07. The van der Waals surface area contributed by atoms with Gasteiger partial charge in [0, 0.05) is 10.9 Å². The molecule has 0 heterocycles. The summed E-state index contributed by atoms with van der Waals surface area (Å²) in [6, 6.07) is 20.1. The van der Waals surface area contributed by atoms with E-state index in [0.717, 1.165) is 17.1 Å². The first-order valence-electron chi connectivity index (χ1n) is 6.47. The van der Waals surface area contributed by atoms with E-state index < -0.39 is 0 Å². The minimum Gasteiger partial charge on any atom is -0.457 e. The normalized spacial score (nSPS) is 10.0. The first-order chi connectivity index (χ1) is 10.3.